The van der Waals surface area contributed by atoms with E-state index >= 15 is 0 Å². The maximum atomic E-state index is 12.3. The number of para-hydroxylation sites is 1. The molecule has 1 amide bonds. The molecule has 0 aliphatic rings. The molecule has 4 nitrogen and oxygen atoms in total. The van der Waals surface area contributed by atoms with Gasteiger partial charge in [-0.05, 0) is 18.1 Å². The summed E-state index contributed by atoms with van der Waals surface area (Å²) in [6.45, 7) is 3.67. The van der Waals surface area contributed by atoms with Gasteiger partial charge in [-0.3, -0.25) is 4.79 Å². The normalized spacial score (nSPS) is 14.4. The predicted octanol–water partition coefficient (Wildman–Crippen LogP) is 2.72. The van der Waals surface area contributed by atoms with E-state index in [4.69, 9.17) is 0 Å². The fraction of sp³-hybridized carbons (Fsp3) is 0.500. The number of carbonyl (C=O) groups is 1. The molecule has 0 bridgehead atoms. The second-order valence-corrected chi connectivity index (χ2v) is 4.71. The largest absolute Gasteiger partial charge is 0.573 e. The van der Waals surface area contributed by atoms with Crippen LogP contribution in [0.4, 0.5) is 13.2 Å². The Bertz CT molecular complexity index is 477. The van der Waals surface area contributed by atoms with E-state index in [2.05, 4.69) is 10.1 Å². The molecule has 2 N–H and O–H groups in total. The Hall–Kier alpha value is -1.76. The first-order valence-corrected chi connectivity index (χ1v) is 6.55. The number of nitrogens with one attached hydrogen (secondary N) is 1. The lowest BCUT2D eigenvalue weighted by molar-refractivity contribution is -0.274. The molecule has 2 unspecified atom stereocenters. The van der Waals surface area contributed by atoms with E-state index in [1.807, 2.05) is 13.8 Å². The van der Waals surface area contributed by atoms with Gasteiger partial charge in [0.25, 0.3) is 5.91 Å². The van der Waals surface area contributed by atoms with Crippen LogP contribution in [0, 0.1) is 5.92 Å². The lowest BCUT2D eigenvalue weighted by atomic mass is 10.0. The summed E-state index contributed by atoms with van der Waals surface area (Å²) in [5.74, 6) is -1.32. The number of aliphatic hydroxyl groups excluding tert-OH is 1. The molecule has 1 aromatic rings. The van der Waals surface area contributed by atoms with Crippen LogP contribution in [0.2, 0.25) is 0 Å². The van der Waals surface area contributed by atoms with Gasteiger partial charge in [0.2, 0.25) is 0 Å². The predicted molar refractivity (Wildman–Crippen MR) is 70.9 cm³/mol. The van der Waals surface area contributed by atoms with Crippen LogP contribution in [-0.4, -0.2) is 30.0 Å². The van der Waals surface area contributed by atoms with Crippen LogP contribution in [0.5, 0.6) is 5.75 Å². The Morgan fingerprint density at radius 1 is 1.38 bits per heavy atom. The smallest absolute Gasteiger partial charge is 0.405 e. The average molecular weight is 305 g/mol. The molecule has 2 atom stereocenters. The summed E-state index contributed by atoms with van der Waals surface area (Å²) in [6, 6.07) is 5.06. The third-order valence-electron chi connectivity index (χ3n) is 3.13. The van der Waals surface area contributed by atoms with Crippen molar-refractivity contribution in [1.82, 2.24) is 5.32 Å². The topological polar surface area (TPSA) is 58.6 Å². The molecule has 118 valence electrons. The Labute approximate surface area is 120 Å². The minimum atomic E-state index is -4.87. The Morgan fingerprint density at radius 3 is 2.57 bits per heavy atom. The first-order chi connectivity index (χ1) is 9.74. The van der Waals surface area contributed by atoms with Crippen LogP contribution in [0.3, 0.4) is 0 Å². The molecule has 0 spiro atoms. The minimum Gasteiger partial charge on any atom is -0.405 e. The second-order valence-electron chi connectivity index (χ2n) is 4.71. The van der Waals surface area contributed by atoms with E-state index in [1.54, 1.807) is 0 Å². The fourth-order valence-electron chi connectivity index (χ4n) is 1.63. The van der Waals surface area contributed by atoms with Crippen molar-refractivity contribution in [1.29, 1.82) is 0 Å². The third kappa shape index (κ3) is 5.63. The maximum Gasteiger partial charge on any atom is 0.573 e. The van der Waals surface area contributed by atoms with Gasteiger partial charge in [-0.25, -0.2) is 0 Å². The molecule has 0 aliphatic heterocycles. The van der Waals surface area contributed by atoms with Gasteiger partial charge in [0.1, 0.15) is 5.75 Å². The van der Waals surface area contributed by atoms with Gasteiger partial charge in [-0.2, -0.15) is 0 Å². The Morgan fingerprint density at radius 2 is 2.00 bits per heavy atom. The van der Waals surface area contributed by atoms with Crippen LogP contribution in [0.1, 0.15) is 30.6 Å². The second kappa shape index (κ2) is 7.31. The summed E-state index contributed by atoms with van der Waals surface area (Å²) >= 11 is 0. The maximum absolute atomic E-state index is 12.3. The monoisotopic (exact) mass is 305 g/mol. The molecule has 0 radical (unpaired) electrons. The molecule has 7 heteroatoms. The van der Waals surface area contributed by atoms with Crippen molar-refractivity contribution in [3.63, 3.8) is 0 Å². The molecule has 0 saturated carbocycles. The van der Waals surface area contributed by atoms with Crippen LogP contribution >= 0.6 is 0 Å². The number of amides is 1. The quantitative estimate of drug-likeness (QED) is 0.849. The van der Waals surface area contributed by atoms with E-state index < -0.39 is 24.1 Å². The number of carbonyl (C=O) groups excluding carboxylic acids is 1. The van der Waals surface area contributed by atoms with Gasteiger partial charge in [-0.1, -0.05) is 32.4 Å². The van der Waals surface area contributed by atoms with Gasteiger partial charge < -0.3 is 15.2 Å². The van der Waals surface area contributed by atoms with Crippen LogP contribution in [0.15, 0.2) is 24.3 Å². The number of ether oxygens (including phenoxy) is 1. The highest BCUT2D eigenvalue weighted by molar-refractivity contribution is 5.96. The van der Waals surface area contributed by atoms with E-state index in [0.29, 0.717) is 0 Å². The number of aliphatic hydroxyl groups is 1. The molecular weight excluding hydrogens is 287 g/mol. The van der Waals surface area contributed by atoms with Gasteiger partial charge in [-0.15, -0.1) is 13.2 Å². The third-order valence-corrected chi connectivity index (χ3v) is 3.13. The Kier molecular flexibility index (Phi) is 6.02. The summed E-state index contributed by atoms with van der Waals surface area (Å²) in [5.41, 5.74) is -0.230. The fourth-order valence-corrected chi connectivity index (χ4v) is 1.63. The van der Waals surface area contributed by atoms with Crippen molar-refractivity contribution in [3.05, 3.63) is 29.8 Å². The standard InChI is InChI=1S/C14H18F3NO3/c1-3-9(2)11(19)8-18-13(20)10-6-4-5-7-12(10)21-14(15,16)17/h4-7,9,11,19H,3,8H2,1-2H3,(H,18,20). The highest BCUT2D eigenvalue weighted by Crippen LogP contribution is 2.26. The summed E-state index contributed by atoms with van der Waals surface area (Å²) in [5, 5.41) is 12.1. The molecule has 1 aromatic carbocycles. The zero-order valence-corrected chi connectivity index (χ0v) is 11.8. The van der Waals surface area contributed by atoms with Gasteiger partial charge in [0, 0.05) is 6.54 Å². The van der Waals surface area contributed by atoms with Crippen molar-refractivity contribution in [2.24, 2.45) is 5.92 Å². The summed E-state index contributed by atoms with van der Waals surface area (Å²) in [7, 11) is 0. The van der Waals surface area contributed by atoms with Crippen molar-refractivity contribution in [2.45, 2.75) is 32.7 Å². The summed E-state index contributed by atoms with van der Waals surface area (Å²) < 4.78 is 40.6. The SMILES string of the molecule is CCC(C)C(O)CNC(=O)c1ccccc1OC(F)(F)F. The number of hydrogen-bond donors (Lipinski definition) is 2. The van der Waals surface area contributed by atoms with E-state index in [1.165, 1.54) is 18.2 Å². The molecule has 0 aliphatic carbocycles. The van der Waals surface area contributed by atoms with E-state index in [0.717, 1.165) is 12.5 Å². The van der Waals surface area contributed by atoms with Crippen LogP contribution in [-0.2, 0) is 0 Å². The summed E-state index contributed by atoms with van der Waals surface area (Å²) in [6.07, 6.45) is -4.90. The van der Waals surface area contributed by atoms with Crippen molar-refractivity contribution in [2.75, 3.05) is 6.54 Å². The molecule has 21 heavy (non-hydrogen) atoms. The highest BCUT2D eigenvalue weighted by Gasteiger charge is 2.32. The first-order valence-electron chi connectivity index (χ1n) is 6.55. The van der Waals surface area contributed by atoms with E-state index in [9.17, 15) is 23.1 Å². The molecule has 1 rings (SSSR count). The van der Waals surface area contributed by atoms with E-state index in [-0.39, 0.29) is 18.0 Å². The number of halogens is 3. The number of alkyl halides is 3. The molecule has 0 aromatic heterocycles. The highest BCUT2D eigenvalue weighted by atomic mass is 19.4. The molecule has 0 fully saturated rings. The first kappa shape index (κ1) is 17.3. The lowest BCUT2D eigenvalue weighted by Crippen LogP contribution is -2.35. The number of hydrogen-bond acceptors (Lipinski definition) is 3. The average Bonchev–Trinajstić information content (AvgIpc) is 2.42. The van der Waals surface area contributed by atoms with Crippen molar-refractivity contribution < 1.29 is 27.8 Å². The number of benzene rings is 1. The van der Waals surface area contributed by atoms with Crippen LogP contribution < -0.4 is 10.1 Å². The van der Waals surface area contributed by atoms with Crippen molar-refractivity contribution in [3.8, 4) is 5.75 Å². The van der Waals surface area contributed by atoms with Crippen molar-refractivity contribution >= 4 is 5.91 Å². The zero-order valence-electron chi connectivity index (χ0n) is 11.8. The van der Waals surface area contributed by atoms with Gasteiger partial charge in [0.05, 0.1) is 11.7 Å². The lowest BCUT2D eigenvalue weighted by Gasteiger charge is -2.18. The number of rotatable bonds is 6. The van der Waals surface area contributed by atoms with Crippen LogP contribution in [0.25, 0.3) is 0 Å². The Balaban J connectivity index is 2.74. The minimum absolute atomic E-state index is 0.0213. The zero-order chi connectivity index (χ0) is 16.0. The van der Waals surface area contributed by atoms with Gasteiger partial charge in [0.15, 0.2) is 0 Å². The molecule has 0 heterocycles. The summed E-state index contributed by atoms with van der Waals surface area (Å²) in [4.78, 5) is 11.9. The molecule has 0 saturated heterocycles. The van der Waals surface area contributed by atoms with Gasteiger partial charge >= 0.3 is 6.36 Å². The molecular formula is C14H18F3NO3.